The van der Waals surface area contributed by atoms with Crippen molar-refractivity contribution in [2.45, 2.75) is 42.4 Å². The number of benzene rings is 3. The van der Waals surface area contributed by atoms with Crippen LogP contribution in [0.25, 0.3) is 11.1 Å². The smallest absolute Gasteiger partial charge is 0.272 e. The van der Waals surface area contributed by atoms with Gasteiger partial charge in [0.15, 0.2) is 6.29 Å². The Balaban J connectivity index is 1.53. The predicted molar refractivity (Wildman–Crippen MR) is 165 cm³/mol. The Kier molecular flexibility index (Phi) is 10.9. The van der Waals surface area contributed by atoms with Gasteiger partial charge in [0.25, 0.3) is 9.70 Å². The van der Waals surface area contributed by atoms with Crippen molar-refractivity contribution < 1.29 is 19.4 Å². The molecule has 9 heteroatoms. The highest BCUT2D eigenvalue weighted by Gasteiger charge is 2.38. The molecule has 4 unspecified atom stereocenters. The molecule has 0 radical (unpaired) electrons. The second kappa shape index (κ2) is 14.2. The number of amides is 1. The van der Waals surface area contributed by atoms with Gasteiger partial charge >= 0.3 is 0 Å². The highest BCUT2D eigenvalue weighted by atomic mass is 35.6. The Morgan fingerprint density at radius 2 is 1.68 bits per heavy atom. The van der Waals surface area contributed by atoms with E-state index in [2.05, 4.69) is 30.8 Å². The molecule has 0 aromatic heterocycles. The molecule has 4 atom stereocenters. The lowest BCUT2D eigenvalue weighted by molar-refractivity contribution is -0.275. The lowest BCUT2D eigenvalue weighted by Crippen LogP contribution is -2.43. The van der Waals surface area contributed by atoms with Crippen LogP contribution in [0, 0.1) is 5.92 Å². The summed E-state index contributed by atoms with van der Waals surface area (Å²) < 4.78 is 11.1. The van der Waals surface area contributed by atoms with Crippen LogP contribution in [-0.4, -0.2) is 45.9 Å². The summed E-state index contributed by atoms with van der Waals surface area (Å²) >= 11 is 17.0. The van der Waals surface area contributed by atoms with Crippen molar-refractivity contribution in [1.29, 1.82) is 0 Å². The summed E-state index contributed by atoms with van der Waals surface area (Å²) in [5.74, 6) is -0.571. The number of rotatable bonds is 10. The maximum Gasteiger partial charge on any atom is 0.272 e. The Labute approximate surface area is 256 Å². The van der Waals surface area contributed by atoms with E-state index in [1.807, 2.05) is 78.9 Å². The highest BCUT2D eigenvalue weighted by Crippen LogP contribution is 2.42. The second-order valence-electron chi connectivity index (χ2n) is 10.3. The van der Waals surface area contributed by atoms with Crippen LogP contribution in [0.2, 0.25) is 0 Å². The molecule has 41 heavy (non-hydrogen) atoms. The Morgan fingerprint density at radius 1 is 1.00 bits per heavy atom. The van der Waals surface area contributed by atoms with Gasteiger partial charge in [0.2, 0.25) is 0 Å². The van der Waals surface area contributed by atoms with Crippen LogP contribution in [0.1, 0.15) is 41.6 Å². The summed E-state index contributed by atoms with van der Waals surface area (Å²) in [7, 11) is 2.05. The number of aliphatic hydroxyl groups excluding tert-OH is 1. The van der Waals surface area contributed by atoms with E-state index >= 15 is 0 Å². The molecule has 1 aliphatic heterocycles. The third kappa shape index (κ3) is 8.33. The van der Waals surface area contributed by atoms with Crippen molar-refractivity contribution in [2.75, 3.05) is 20.1 Å². The van der Waals surface area contributed by atoms with Gasteiger partial charge in [-0.2, -0.15) is 0 Å². The summed E-state index contributed by atoms with van der Waals surface area (Å²) in [5, 5.41) is 12.1. The van der Waals surface area contributed by atoms with Crippen LogP contribution in [0.4, 0.5) is 0 Å². The topological polar surface area (TPSA) is 71.0 Å². The van der Waals surface area contributed by atoms with Gasteiger partial charge in [-0.25, -0.2) is 0 Å². The summed E-state index contributed by atoms with van der Waals surface area (Å²) in [6, 6.07) is 23.8. The predicted octanol–water partition coefficient (Wildman–Crippen LogP) is 6.74. The molecule has 0 spiro atoms. The fourth-order valence-corrected chi connectivity index (χ4v) is 5.11. The molecule has 3 aromatic carbocycles. The minimum atomic E-state index is -2.00. The lowest BCUT2D eigenvalue weighted by atomic mass is 9.90. The van der Waals surface area contributed by atoms with E-state index < -0.39 is 16.0 Å². The molecule has 218 valence electrons. The first-order chi connectivity index (χ1) is 19.6. The maximum atomic E-state index is 11.9. The largest absolute Gasteiger partial charge is 0.392 e. The summed E-state index contributed by atoms with van der Waals surface area (Å²) in [4.78, 5) is 14.1. The highest BCUT2D eigenvalue weighted by molar-refractivity contribution is 6.76. The van der Waals surface area contributed by atoms with Crippen molar-refractivity contribution in [3.63, 3.8) is 0 Å². The number of carbonyl (C=O) groups excluding carboxylic acids is 1. The van der Waals surface area contributed by atoms with Crippen LogP contribution in [0.15, 0.2) is 85.5 Å². The van der Waals surface area contributed by atoms with E-state index in [1.54, 1.807) is 0 Å². The standard InChI is InChI=1S/C32H35Cl3N2O4/c1-4-16-37(3)19-28-21(2)29(25-10-8-22(20-38)9-11-25)41-30(40-28)26-14-12-24(13-15-26)27-7-5-6-23(17-27)18-36-31(39)32(33,34)35/h4-15,17,21,28-30,38H,1,16,18-20H2,2-3H3,(H,36,39). The van der Waals surface area contributed by atoms with E-state index in [9.17, 15) is 9.90 Å². The van der Waals surface area contributed by atoms with Gasteiger partial charge < -0.3 is 24.8 Å². The number of nitrogens with one attached hydrogen (secondary N) is 1. The van der Waals surface area contributed by atoms with Crippen molar-refractivity contribution >= 4 is 40.7 Å². The van der Waals surface area contributed by atoms with Gasteiger partial charge in [-0.1, -0.05) is 115 Å². The number of hydrogen-bond donors (Lipinski definition) is 2. The minimum absolute atomic E-state index is 0.000910. The monoisotopic (exact) mass is 616 g/mol. The first-order valence-electron chi connectivity index (χ1n) is 13.4. The average Bonchev–Trinajstić information content (AvgIpc) is 2.97. The Hall–Kier alpha value is -2.42. The molecule has 4 rings (SSSR count). The number of halogens is 3. The van der Waals surface area contributed by atoms with Crippen LogP contribution < -0.4 is 5.32 Å². The minimum Gasteiger partial charge on any atom is -0.392 e. The van der Waals surface area contributed by atoms with Gasteiger partial charge in [-0.05, 0) is 40.9 Å². The van der Waals surface area contributed by atoms with Crippen molar-refractivity contribution in [1.82, 2.24) is 10.2 Å². The quantitative estimate of drug-likeness (QED) is 0.195. The number of alkyl halides is 3. The molecule has 0 bridgehead atoms. The van der Waals surface area contributed by atoms with Gasteiger partial charge in [0.1, 0.15) is 0 Å². The fourth-order valence-electron chi connectivity index (χ4n) is 4.91. The van der Waals surface area contributed by atoms with Gasteiger partial charge in [0, 0.05) is 31.1 Å². The zero-order valence-corrected chi connectivity index (χ0v) is 25.4. The molecule has 0 aliphatic carbocycles. The number of hydrogen-bond acceptors (Lipinski definition) is 5. The van der Waals surface area contributed by atoms with E-state index in [1.165, 1.54) is 0 Å². The molecular formula is C32H35Cl3N2O4. The van der Waals surface area contributed by atoms with E-state index in [-0.39, 0.29) is 31.3 Å². The number of ether oxygens (including phenoxy) is 2. The molecule has 0 saturated carbocycles. The van der Waals surface area contributed by atoms with Crippen molar-refractivity contribution in [2.24, 2.45) is 5.92 Å². The van der Waals surface area contributed by atoms with E-state index in [4.69, 9.17) is 44.3 Å². The Morgan fingerprint density at radius 3 is 2.32 bits per heavy atom. The van der Waals surface area contributed by atoms with Crippen molar-refractivity contribution in [3.8, 4) is 11.1 Å². The molecule has 1 heterocycles. The third-order valence-corrected chi connectivity index (χ3v) is 7.72. The molecular weight excluding hydrogens is 583 g/mol. The van der Waals surface area contributed by atoms with E-state index in [0.717, 1.165) is 46.5 Å². The molecule has 1 amide bonds. The number of aliphatic hydroxyl groups is 1. The maximum absolute atomic E-state index is 11.9. The van der Waals surface area contributed by atoms with Gasteiger partial charge in [-0.3, -0.25) is 4.79 Å². The summed E-state index contributed by atoms with van der Waals surface area (Å²) in [5.41, 5.74) is 5.70. The molecule has 2 N–H and O–H groups in total. The zero-order chi connectivity index (χ0) is 29.6. The SMILES string of the molecule is C=CCN(C)CC1OC(c2ccc(-c3cccc(CNC(=O)C(Cl)(Cl)Cl)c3)cc2)OC(c2ccc(CO)cc2)C1C. The van der Waals surface area contributed by atoms with Gasteiger partial charge in [-0.15, -0.1) is 6.58 Å². The average molecular weight is 618 g/mol. The normalized spacial score (nSPS) is 21.0. The number of likely N-dealkylation sites (N-methyl/N-ethyl adjacent to an activating group) is 1. The van der Waals surface area contributed by atoms with Crippen LogP contribution >= 0.6 is 34.8 Å². The summed E-state index contributed by atoms with van der Waals surface area (Å²) in [6.07, 6.45) is 1.09. The van der Waals surface area contributed by atoms with Crippen molar-refractivity contribution in [3.05, 3.63) is 108 Å². The number of carbonyl (C=O) groups is 1. The molecule has 1 fully saturated rings. The fraction of sp³-hybridized carbons (Fsp3) is 0.344. The molecule has 6 nitrogen and oxygen atoms in total. The third-order valence-electron chi connectivity index (χ3n) is 7.21. The number of nitrogens with zero attached hydrogens (tertiary/aromatic N) is 1. The van der Waals surface area contributed by atoms with Gasteiger partial charge in [0.05, 0.1) is 18.8 Å². The first kappa shape index (κ1) is 31.5. The molecule has 1 aliphatic rings. The molecule has 1 saturated heterocycles. The van der Waals surface area contributed by atoms with Crippen LogP contribution in [-0.2, 0) is 27.4 Å². The second-order valence-corrected chi connectivity index (χ2v) is 12.6. The van der Waals surface area contributed by atoms with E-state index in [0.29, 0.717) is 0 Å². The lowest BCUT2D eigenvalue weighted by Gasteiger charge is -2.42. The molecule has 3 aromatic rings. The Bertz CT molecular complexity index is 1310. The first-order valence-corrected chi connectivity index (χ1v) is 14.6. The summed E-state index contributed by atoms with van der Waals surface area (Å²) in [6.45, 7) is 7.74. The van der Waals surface area contributed by atoms with Crippen LogP contribution in [0.3, 0.4) is 0 Å². The zero-order valence-electron chi connectivity index (χ0n) is 23.1. The van der Waals surface area contributed by atoms with Crippen LogP contribution in [0.5, 0.6) is 0 Å².